The number of aliphatic hydroxyl groups excluding tert-OH is 4. The number of aliphatic hydroxyl groups is 4. The van der Waals surface area contributed by atoms with Crippen LogP contribution in [0.25, 0.3) is 0 Å². The normalized spacial score (nSPS) is 30.0. The highest BCUT2D eigenvalue weighted by Crippen LogP contribution is 2.70. The zero-order chi connectivity index (χ0) is 103. The van der Waals surface area contributed by atoms with Crippen LogP contribution >= 0.6 is 140 Å². The van der Waals surface area contributed by atoms with E-state index in [0.29, 0.717) is 26.3 Å². The number of H-pyrrole nitrogens is 4. The molecule has 12 unspecified atom stereocenters. The maximum Gasteiger partial charge on any atom is 0.490 e. The van der Waals surface area contributed by atoms with Crippen LogP contribution in [-0.2, 0) is 126 Å². The van der Waals surface area contributed by atoms with E-state index in [1.165, 1.54) is 13.8 Å². The van der Waals surface area contributed by atoms with Crippen molar-refractivity contribution in [1.82, 2.24) is 48.6 Å². The van der Waals surface area contributed by atoms with Crippen molar-refractivity contribution in [3.63, 3.8) is 0 Å². The fourth-order valence-electron chi connectivity index (χ4n) is 10.1. The van der Waals surface area contributed by atoms with Crippen molar-refractivity contribution in [3.05, 3.63) is 119 Å². The van der Waals surface area contributed by atoms with Crippen molar-refractivity contribution < 1.29 is 231 Å². The van der Waals surface area contributed by atoms with Gasteiger partial charge in [-0.2, -0.15) is 54.0 Å². The Bertz CT molecular complexity index is 6540. The second-order valence-corrected chi connectivity index (χ2v) is 42.6. The van der Waals surface area contributed by atoms with E-state index < -0.39 is 261 Å². The first-order chi connectivity index (χ1) is 60.3. The van der Waals surface area contributed by atoms with Crippen LogP contribution in [0.3, 0.4) is 0 Å². The topological polar surface area (TPSA) is 1110 Å². The molecule has 0 saturated carbocycles. The minimum atomic E-state index is -6.05. The maximum atomic E-state index is 12.3. The van der Waals surface area contributed by atoms with Crippen molar-refractivity contribution in [1.29, 1.82) is 0 Å². The summed E-state index contributed by atoms with van der Waals surface area (Å²) < 4.78 is 236. The molecule has 0 bridgehead atoms. The van der Waals surface area contributed by atoms with Gasteiger partial charge in [0.25, 0.3) is 22.2 Å². The monoisotopic (exact) mass is 2200 g/mol. The Balaban J connectivity index is 0.000000316. The second-order valence-electron chi connectivity index (χ2n) is 24.3. The minimum Gasteiger partial charge on any atom is -0.387 e. The third kappa shape index (κ3) is 32.7. The van der Waals surface area contributed by atoms with Gasteiger partial charge in [-0.15, -0.1) is 0 Å². The number of nitrogens with zero attached hydrogens (tertiary/aromatic N) is 6. The van der Waals surface area contributed by atoms with Crippen LogP contribution in [0, 0.1) is 59.0 Å². The van der Waals surface area contributed by atoms with Gasteiger partial charge in [-0.25, -0.2) is 74.0 Å². The maximum absolute atomic E-state index is 12.3. The molecule has 732 valence electrons. The summed E-state index contributed by atoms with van der Waals surface area (Å²) in [4.78, 5) is 245. The molecular formula is C44H62Cl4N14O56P12. The SMILES string of the molecule is Cc1cc(=O)[nH]c(=O)n1[C@@H]1O[C@H](COP(=O)(O)OP(=O)(O)OP(=O)(O)O)[C@H](O)C1(N)C#CCl.NC1(C#CCl)[C@@H](O)[C@@H](COP(=O)(O)OP(=O)(O)OP(=O)(O)O)O[C@H]1n1ncc(=O)[nH]c1=O.[2H]C([2H])(OP(=O)(O)OP(=O)(O)OP(=O)(O)O)[C@H]1O[C@@H](n2c(C)cc(=O)[nH]c2=O)C(N)(C#CCl)[C@H]1O.[2H]C([2H])(OP(=O)(O)OP(=O)(O)OP(=O)(O)O)[C@H]1O[C@@H](n2ncc(=O)[nH]c2=O)C(N)(C#CCl)[C@H]1O. The molecule has 24 atom stereocenters. The molecule has 4 fully saturated rings. The van der Waals surface area contributed by atoms with E-state index in [-0.39, 0.29) is 11.4 Å². The molecule has 4 aliphatic heterocycles. The van der Waals surface area contributed by atoms with Gasteiger partial charge in [0.2, 0.25) is 0 Å². The Kier molecular flexibility index (Phi) is 36.7. The van der Waals surface area contributed by atoms with Crippen molar-refractivity contribution in [2.45, 2.75) is 110 Å². The number of halogens is 4. The van der Waals surface area contributed by atoms with Gasteiger partial charge in [0.1, 0.15) is 61.2 Å². The first-order valence-corrected chi connectivity index (χ1v) is 51.1. The summed E-state index contributed by atoms with van der Waals surface area (Å²) in [6, 6.07) is 1.92. The molecule has 0 amide bonds. The zero-order valence-electron chi connectivity index (χ0n) is 66.2. The van der Waals surface area contributed by atoms with Crippen LogP contribution < -0.4 is 67.9 Å². The first kappa shape index (κ1) is 109. The molecule has 32 N–H and O–H groups in total. The summed E-state index contributed by atoms with van der Waals surface area (Å²) in [7, 11) is -69.4. The van der Waals surface area contributed by atoms with Crippen LogP contribution in [0.2, 0.25) is 0 Å². The minimum absolute atomic E-state index is 0.0284. The van der Waals surface area contributed by atoms with Crippen LogP contribution in [0.5, 0.6) is 0 Å². The molecule has 70 nitrogen and oxygen atoms in total. The summed E-state index contributed by atoms with van der Waals surface area (Å²) in [5.74, 6) is 8.55. The van der Waals surface area contributed by atoms with Crippen molar-refractivity contribution >= 4 is 140 Å². The molecule has 0 aliphatic carbocycles. The van der Waals surface area contributed by atoms with Gasteiger partial charge in [0.05, 0.1) is 31.8 Å². The molecule has 130 heavy (non-hydrogen) atoms. The van der Waals surface area contributed by atoms with Crippen molar-refractivity contribution in [2.75, 3.05) is 26.3 Å². The second kappa shape index (κ2) is 43.9. The highest BCUT2D eigenvalue weighted by molar-refractivity contribution is 7.68. The molecule has 8 rings (SSSR count). The number of nitrogens with two attached hydrogens (primary N) is 4. The van der Waals surface area contributed by atoms with E-state index in [9.17, 15) is 143 Å². The molecule has 0 aromatic carbocycles. The van der Waals surface area contributed by atoms with E-state index in [4.69, 9.17) is 143 Å². The number of aryl methyl sites for hydroxylation is 2. The predicted octanol–water partition coefficient (Wildman–Crippen LogP) is -8.45. The average Bonchev–Trinajstić information content (AvgIpc) is 1.59. The summed E-state index contributed by atoms with van der Waals surface area (Å²) >= 11 is 21.4. The van der Waals surface area contributed by atoms with E-state index in [2.05, 4.69) is 80.5 Å². The van der Waals surface area contributed by atoms with Gasteiger partial charge in [0, 0.05) is 45.0 Å². The highest BCUT2D eigenvalue weighted by atomic mass is 35.5. The lowest BCUT2D eigenvalue weighted by Crippen LogP contribution is -2.55. The number of nitrogens with one attached hydrogen (secondary N) is 4. The summed E-state index contributed by atoms with van der Waals surface area (Å²) in [6.07, 6.45) is -22.5. The standard InChI is InChI=1S/2C12H17ClN3O14P3.2C10H14ClN4O14P3/c2*1-6-4-8(17)15-11(19)16(6)10-12(14,2-3-13)9(18)7(28-10)5-27-32(23,24)30-33(25,26)29-31(20,21)22;2*11-2-1-10(12)7(17)5(27-8(10)15-9(18)14-6(16)3-13-15)4-26-31(22,23)29-32(24,25)28-30(19,20)21/h2*4,7,9-10,18H,5,14H2,1H3,(H,23,24)(H,25,26)(H,15,17,19)(H2,20,21,22);2*3,5,7-8,17H,4,12H2,(H,22,23)(H,24,25)(H,14,16,18)(H2,19,20,21)/t2*7-,9+,10-,12?;2*5-,7+,8-,10?/m1111/s1/i5D2;;4D2;. The summed E-state index contributed by atoms with van der Waals surface area (Å²) in [5.41, 5.74) is 6.80. The third-order valence-electron chi connectivity index (χ3n) is 14.8. The largest absolute Gasteiger partial charge is 0.490 e. The molecule has 8 heterocycles. The fraction of sp³-hybridized carbons (Fsp3) is 0.500. The number of aromatic amines is 4. The van der Waals surface area contributed by atoms with Gasteiger partial charge in [-0.3, -0.25) is 66.3 Å². The van der Waals surface area contributed by atoms with Crippen LogP contribution in [0.4, 0.5) is 0 Å². The molecule has 86 heteroatoms. The van der Waals surface area contributed by atoms with E-state index in [0.717, 1.165) is 16.7 Å². The first-order valence-electron chi connectivity index (χ1n) is 33.5. The van der Waals surface area contributed by atoms with Crippen LogP contribution in [-0.4, -0.2) is 245 Å². The Hall–Kier alpha value is -4.86. The van der Waals surface area contributed by atoms with Crippen LogP contribution in [0.15, 0.2) is 62.9 Å². The number of aromatic nitrogens is 10. The molecule has 4 aliphatic rings. The van der Waals surface area contributed by atoms with Crippen molar-refractivity contribution in [3.8, 4) is 45.2 Å². The Morgan fingerprint density at radius 1 is 0.369 bits per heavy atom. The lowest BCUT2D eigenvalue weighted by atomic mass is 9.92. The lowest BCUT2D eigenvalue weighted by molar-refractivity contribution is -0.0520. The Morgan fingerprint density at radius 3 is 0.838 bits per heavy atom. The van der Waals surface area contributed by atoms with Gasteiger partial charge in [0.15, 0.2) is 47.1 Å². The Labute approximate surface area is 739 Å². The van der Waals surface area contributed by atoms with Gasteiger partial charge in [-0.05, 0) is 60.3 Å². The van der Waals surface area contributed by atoms with E-state index in [1.807, 2.05) is 37.0 Å². The quantitative estimate of drug-likeness (QED) is 0.0159. The smallest absolute Gasteiger partial charge is 0.387 e. The van der Waals surface area contributed by atoms with Crippen molar-refractivity contribution in [2.24, 2.45) is 22.9 Å². The molecule has 0 radical (unpaired) electrons. The number of phosphoric acid groups is 12. The number of ether oxygens (including phenoxy) is 4. The highest BCUT2D eigenvalue weighted by Gasteiger charge is 2.61. The molecule has 0 spiro atoms. The number of rotatable bonds is 32. The fourth-order valence-corrected chi connectivity index (χ4v) is 22.6. The van der Waals surface area contributed by atoms with E-state index >= 15 is 0 Å². The van der Waals surface area contributed by atoms with Gasteiger partial charge >= 0.3 is 117 Å². The molecule has 4 aromatic heterocycles. The van der Waals surface area contributed by atoms with Gasteiger partial charge in [-0.1, -0.05) is 23.7 Å². The number of hydrogen-bond donors (Lipinski definition) is 28. The third-order valence-corrected chi connectivity index (χ3v) is 30.2. The van der Waals surface area contributed by atoms with Crippen LogP contribution in [0.1, 0.15) is 41.8 Å². The molecule has 4 saturated heterocycles. The summed E-state index contributed by atoms with van der Waals surface area (Å²) in [6.45, 7) is -6.91. The zero-order valence-corrected chi connectivity index (χ0v) is 75.9. The average molecular weight is 2200 g/mol. The number of phosphoric ester groups is 4. The Morgan fingerprint density at radius 2 is 0.592 bits per heavy atom. The number of hydrogen-bond acceptors (Lipinski definition) is 46. The molecule has 4 aromatic rings. The lowest BCUT2D eigenvalue weighted by Gasteiger charge is -2.28. The van der Waals surface area contributed by atoms with Gasteiger partial charge < -0.3 is 141 Å². The van der Waals surface area contributed by atoms with E-state index in [1.54, 1.807) is 10.4 Å². The predicted molar refractivity (Wildman–Crippen MR) is 411 cm³/mol. The summed E-state index contributed by atoms with van der Waals surface area (Å²) in [5, 5.41) is 56.5. The molecular weight excluding hydrogens is 2130 g/mol.